The molecule has 7 heteroatoms. The molecule has 15 heavy (non-hydrogen) atoms. The SMILES string of the molecule is CS(=O)(=O)c1nc(C(=O)CBr)ccc1F. The van der Waals surface area contributed by atoms with Crippen molar-refractivity contribution in [2.24, 2.45) is 0 Å². The number of Topliss-reactive ketones (excluding diaryl/α,β-unsaturated/α-hetero) is 1. The van der Waals surface area contributed by atoms with Crippen LogP contribution in [0.15, 0.2) is 17.2 Å². The number of hydrogen-bond acceptors (Lipinski definition) is 4. The van der Waals surface area contributed by atoms with Crippen molar-refractivity contribution in [1.82, 2.24) is 4.98 Å². The summed E-state index contributed by atoms with van der Waals surface area (Å²) in [5.74, 6) is -1.36. The maximum Gasteiger partial charge on any atom is 0.195 e. The van der Waals surface area contributed by atoms with Gasteiger partial charge in [-0.1, -0.05) is 15.9 Å². The van der Waals surface area contributed by atoms with Crippen LogP contribution >= 0.6 is 15.9 Å². The molecular weight excluding hydrogens is 289 g/mol. The number of carbonyl (C=O) groups is 1. The van der Waals surface area contributed by atoms with Crippen molar-refractivity contribution in [2.45, 2.75) is 5.03 Å². The Labute approximate surface area is 94.6 Å². The van der Waals surface area contributed by atoms with Gasteiger partial charge in [0.1, 0.15) is 5.69 Å². The summed E-state index contributed by atoms with van der Waals surface area (Å²) in [6, 6.07) is 2.06. The van der Waals surface area contributed by atoms with Crippen LogP contribution in [-0.2, 0) is 9.84 Å². The predicted molar refractivity (Wildman–Crippen MR) is 55.4 cm³/mol. The Morgan fingerprint density at radius 1 is 1.53 bits per heavy atom. The second-order valence-electron chi connectivity index (χ2n) is 2.81. The van der Waals surface area contributed by atoms with Gasteiger partial charge in [0.15, 0.2) is 26.5 Å². The second-order valence-corrected chi connectivity index (χ2v) is 5.30. The molecule has 1 aromatic rings. The first-order chi connectivity index (χ1) is 6.86. The Bertz CT molecular complexity index is 501. The summed E-state index contributed by atoms with van der Waals surface area (Å²) in [5.41, 5.74) is -0.0753. The highest BCUT2D eigenvalue weighted by atomic mass is 79.9. The smallest absolute Gasteiger partial charge is 0.195 e. The first-order valence-electron chi connectivity index (χ1n) is 3.82. The van der Waals surface area contributed by atoms with Gasteiger partial charge in [-0.2, -0.15) is 0 Å². The number of pyridine rings is 1. The average molecular weight is 296 g/mol. The summed E-state index contributed by atoms with van der Waals surface area (Å²) in [6.07, 6.45) is 0.834. The maximum atomic E-state index is 13.1. The summed E-state index contributed by atoms with van der Waals surface area (Å²) in [7, 11) is -3.75. The number of halogens is 2. The Morgan fingerprint density at radius 2 is 2.13 bits per heavy atom. The van der Waals surface area contributed by atoms with Crippen molar-refractivity contribution in [3.63, 3.8) is 0 Å². The van der Waals surface area contributed by atoms with E-state index in [-0.39, 0.29) is 11.0 Å². The predicted octanol–water partition coefficient (Wildman–Crippen LogP) is 1.20. The molecule has 0 aliphatic rings. The van der Waals surface area contributed by atoms with Crippen molar-refractivity contribution in [3.05, 3.63) is 23.6 Å². The molecule has 0 atom stereocenters. The molecule has 0 unspecified atom stereocenters. The van der Waals surface area contributed by atoms with Crippen molar-refractivity contribution < 1.29 is 17.6 Å². The molecule has 0 saturated carbocycles. The molecule has 0 N–H and O–H groups in total. The van der Waals surface area contributed by atoms with E-state index in [4.69, 9.17) is 0 Å². The van der Waals surface area contributed by atoms with Crippen LogP contribution in [0, 0.1) is 5.82 Å². The number of rotatable bonds is 3. The number of alkyl halides is 1. The lowest BCUT2D eigenvalue weighted by Gasteiger charge is -2.01. The van der Waals surface area contributed by atoms with Crippen LogP contribution in [0.2, 0.25) is 0 Å². The average Bonchev–Trinajstić information content (AvgIpc) is 2.15. The minimum atomic E-state index is -3.75. The molecule has 82 valence electrons. The van der Waals surface area contributed by atoms with Gasteiger partial charge < -0.3 is 0 Å². The number of aromatic nitrogens is 1. The molecule has 0 fully saturated rings. The minimum Gasteiger partial charge on any atom is -0.291 e. The van der Waals surface area contributed by atoms with Crippen LogP contribution in [0.4, 0.5) is 4.39 Å². The fourth-order valence-corrected chi connectivity index (χ4v) is 1.88. The van der Waals surface area contributed by atoms with Gasteiger partial charge in [-0.15, -0.1) is 0 Å². The third kappa shape index (κ3) is 2.82. The van der Waals surface area contributed by atoms with Gasteiger partial charge in [0.05, 0.1) is 5.33 Å². The molecule has 0 amide bonds. The lowest BCUT2D eigenvalue weighted by molar-refractivity contribution is 0.101. The van der Waals surface area contributed by atoms with E-state index in [1.165, 1.54) is 0 Å². The quantitative estimate of drug-likeness (QED) is 0.621. The number of sulfone groups is 1. The van der Waals surface area contributed by atoms with Gasteiger partial charge in [-0.05, 0) is 12.1 Å². The van der Waals surface area contributed by atoms with Gasteiger partial charge >= 0.3 is 0 Å². The molecule has 1 heterocycles. The second kappa shape index (κ2) is 4.36. The summed E-state index contributed by atoms with van der Waals surface area (Å²) in [5, 5.41) is -0.691. The van der Waals surface area contributed by atoms with Gasteiger partial charge in [0, 0.05) is 6.26 Å². The lowest BCUT2D eigenvalue weighted by atomic mass is 10.3. The molecule has 0 aliphatic carbocycles. The lowest BCUT2D eigenvalue weighted by Crippen LogP contribution is -2.10. The van der Waals surface area contributed by atoms with E-state index >= 15 is 0 Å². The Kier molecular flexibility index (Phi) is 3.56. The van der Waals surface area contributed by atoms with Crippen molar-refractivity contribution in [3.8, 4) is 0 Å². The third-order valence-corrected chi connectivity index (χ3v) is 3.07. The zero-order chi connectivity index (χ0) is 11.6. The summed E-state index contributed by atoms with van der Waals surface area (Å²) >= 11 is 2.91. The van der Waals surface area contributed by atoms with Gasteiger partial charge in [-0.25, -0.2) is 17.8 Å². The summed E-state index contributed by atoms with van der Waals surface area (Å²) in [6.45, 7) is 0. The van der Waals surface area contributed by atoms with Gasteiger partial charge in [0.2, 0.25) is 0 Å². The summed E-state index contributed by atoms with van der Waals surface area (Å²) < 4.78 is 35.3. The first kappa shape index (κ1) is 12.3. The zero-order valence-corrected chi connectivity index (χ0v) is 10.1. The van der Waals surface area contributed by atoms with E-state index in [0.717, 1.165) is 18.4 Å². The van der Waals surface area contributed by atoms with Crippen molar-refractivity contribution in [1.29, 1.82) is 0 Å². The van der Waals surface area contributed by atoms with Crippen LogP contribution in [0.1, 0.15) is 10.5 Å². The summed E-state index contributed by atoms with van der Waals surface area (Å²) in [4.78, 5) is 14.6. The molecule has 0 saturated heterocycles. The largest absolute Gasteiger partial charge is 0.291 e. The van der Waals surface area contributed by atoms with E-state index in [9.17, 15) is 17.6 Å². The van der Waals surface area contributed by atoms with Gasteiger partial charge in [0.25, 0.3) is 0 Å². The van der Waals surface area contributed by atoms with E-state index in [1.807, 2.05) is 0 Å². The van der Waals surface area contributed by atoms with Crippen LogP contribution in [0.5, 0.6) is 0 Å². The molecule has 1 rings (SSSR count). The molecule has 4 nitrogen and oxygen atoms in total. The van der Waals surface area contributed by atoms with Crippen molar-refractivity contribution >= 4 is 31.6 Å². The number of hydrogen-bond donors (Lipinski definition) is 0. The van der Waals surface area contributed by atoms with E-state index in [1.54, 1.807) is 0 Å². The standard InChI is InChI=1S/C8H7BrFNO3S/c1-15(13,14)8-5(10)2-3-6(11-8)7(12)4-9/h2-3H,4H2,1H3. The Balaban J connectivity index is 3.36. The molecule has 0 spiro atoms. The zero-order valence-electron chi connectivity index (χ0n) is 7.70. The fourth-order valence-electron chi connectivity index (χ4n) is 0.907. The third-order valence-electron chi connectivity index (χ3n) is 1.57. The van der Waals surface area contributed by atoms with Crippen LogP contribution < -0.4 is 0 Å². The van der Waals surface area contributed by atoms with E-state index in [2.05, 4.69) is 20.9 Å². The Morgan fingerprint density at radius 3 is 2.60 bits per heavy atom. The van der Waals surface area contributed by atoms with Gasteiger partial charge in [-0.3, -0.25) is 4.79 Å². The molecule has 0 radical (unpaired) electrons. The normalized spacial score (nSPS) is 11.4. The van der Waals surface area contributed by atoms with Crippen LogP contribution in [-0.4, -0.2) is 30.8 Å². The maximum absolute atomic E-state index is 13.1. The molecular formula is C8H7BrFNO3S. The monoisotopic (exact) mass is 295 g/mol. The highest BCUT2D eigenvalue weighted by Crippen LogP contribution is 2.12. The molecule has 1 aromatic heterocycles. The minimum absolute atomic E-state index is 0.00876. The van der Waals surface area contributed by atoms with E-state index < -0.39 is 26.5 Å². The van der Waals surface area contributed by atoms with Crippen LogP contribution in [0.25, 0.3) is 0 Å². The highest BCUT2D eigenvalue weighted by molar-refractivity contribution is 9.09. The number of carbonyl (C=O) groups excluding carboxylic acids is 1. The molecule has 0 bridgehead atoms. The van der Waals surface area contributed by atoms with E-state index in [0.29, 0.717) is 0 Å². The molecule has 0 aliphatic heterocycles. The highest BCUT2D eigenvalue weighted by Gasteiger charge is 2.18. The van der Waals surface area contributed by atoms with Crippen LogP contribution in [0.3, 0.4) is 0 Å². The fraction of sp³-hybridized carbons (Fsp3) is 0.250. The Hall–Kier alpha value is -0.820. The molecule has 0 aromatic carbocycles. The number of ketones is 1. The van der Waals surface area contributed by atoms with Crippen molar-refractivity contribution in [2.75, 3.05) is 11.6 Å². The first-order valence-corrected chi connectivity index (χ1v) is 6.83. The topological polar surface area (TPSA) is 64.1 Å². The number of nitrogens with zero attached hydrogens (tertiary/aromatic N) is 1.